The van der Waals surface area contributed by atoms with Gasteiger partial charge in [0.05, 0.1) is 12.1 Å². The maximum absolute atomic E-state index is 12.4. The predicted octanol–water partition coefficient (Wildman–Crippen LogP) is -0.603. The Morgan fingerprint density at radius 3 is 2.36 bits per heavy atom. The van der Waals surface area contributed by atoms with Crippen molar-refractivity contribution in [3.05, 3.63) is 11.8 Å². The van der Waals surface area contributed by atoms with E-state index < -0.39 is 72.9 Å². The van der Waals surface area contributed by atoms with Gasteiger partial charge in [0.1, 0.15) is 6.10 Å². The van der Waals surface area contributed by atoms with Gasteiger partial charge in [-0.15, -0.1) is 0 Å². The van der Waals surface area contributed by atoms with Crippen LogP contribution in [0.25, 0.3) is 0 Å². The van der Waals surface area contributed by atoms with Crippen molar-refractivity contribution in [2.75, 3.05) is 13.1 Å². The fraction of sp³-hybridized carbons (Fsp3) is 0.700. The Kier molecular flexibility index (Phi) is 12.1. The highest BCUT2D eigenvalue weighted by molar-refractivity contribution is 5.96. The van der Waals surface area contributed by atoms with Crippen LogP contribution in [0.15, 0.2) is 11.8 Å². The molecule has 206 valence electrons. The molecule has 0 bridgehead atoms. The summed E-state index contributed by atoms with van der Waals surface area (Å²) in [6.45, 7) is 1.89. The molecule has 13 nitrogen and oxygen atoms in total. The first-order chi connectivity index (χ1) is 16.7. The van der Waals surface area contributed by atoms with E-state index in [0.717, 1.165) is 32.3 Å². The Labute approximate surface area is 204 Å². The molecule has 0 radical (unpaired) electrons. The van der Waals surface area contributed by atoms with Gasteiger partial charge in [0, 0.05) is 19.9 Å². The van der Waals surface area contributed by atoms with Gasteiger partial charge in [0.2, 0.25) is 11.7 Å². The van der Waals surface area contributed by atoms with Gasteiger partial charge in [-0.05, 0) is 31.9 Å². The summed E-state index contributed by atoms with van der Waals surface area (Å²) in [5, 5.41) is 24.8. The highest BCUT2D eigenvalue weighted by atomic mass is 19.4. The molecule has 1 rings (SSSR count). The first kappa shape index (κ1) is 31.1. The summed E-state index contributed by atoms with van der Waals surface area (Å²) in [6.07, 6.45) is -5.09. The number of hydrogen-bond acceptors (Lipinski definition) is 11. The standard InChI is InChI=1S/C20H31F3N4O9/c1-11(28)27-15-12(25)10-14(16(29)35-17(30)20(21,22)23)34-13(15)6-7-19(32,33)36-18(31)26-9-5-3-2-4-8-24/h10,12-13,15,32-33H,2-9,24-25H2,1H3,(H,26,31)(H,27,28)/t12-,13+,15+/m0/s1. The lowest BCUT2D eigenvalue weighted by atomic mass is 9.95. The monoisotopic (exact) mass is 528 g/mol. The number of unbranched alkanes of at least 4 members (excludes halogenated alkanes) is 3. The van der Waals surface area contributed by atoms with Crippen molar-refractivity contribution in [3.8, 4) is 0 Å². The SMILES string of the molecule is CC(=O)N[C@@H]1[C@@H](N)C=C(C(=O)OC(=O)C(F)(F)F)O[C@@H]1CCC(O)(O)OC(=O)NCCCCCCN. The molecule has 0 aromatic carbocycles. The maximum Gasteiger partial charge on any atom is 0.491 e. The van der Waals surface area contributed by atoms with E-state index in [1.165, 1.54) is 0 Å². The van der Waals surface area contributed by atoms with Gasteiger partial charge < -0.3 is 46.5 Å². The molecule has 0 saturated heterocycles. The Morgan fingerprint density at radius 2 is 1.78 bits per heavy atom. The zero-order chi connectivity index (χ0) is 27.5. The quantitative estimate of drug-likeness (QED) is 0.0814. The van der Waals surface area contributed by atoms with Crippen LogP contribution in [0.2, 0.25) is 0 Å². The lowest BCUT2D eigenvalue weighted by molar-refractivity contribution is -0.312. The average molecular weight is 528 g/mol. The van der Waals surface area contributed by atoms with Crippen LogP contribution in [0.4, 0.5) is 18.0 Å². The first-order valence-corrected chi connectivity index (χ1v) is 11.0. The fourth-order valence-electron chi connectivity index (χ4n) is 3.15. The molecule has 2 amide bonds. The van der Waals surface area contributed by atoms with E-state index >= 15 is 0 Å². The van der Waals surface area contributed by atoms with E-state index in [4.69, 9.17) is 16.2 Å². The zero-order valence-corrected chi connectivity index (χ0v) is 19.5. The number of esters is 2. The van der Waals surface area contributed by atoms with Crippen LogP contribution in [-0.2, 0) is 28.6 Å². The molecule has 0 saturated carbocycles. The number of alkyl halides is 3. The summed E-state index contributed by atoms with van der Waals surface area (Å²) in [5.41, 5.74) is 11.2. The third kappa shape index (κ3) is 11.2. The van der Waals surface area contributed by atoms with Crippen molar-refractivity contribution < 1.29 is 56.8 Å². The molecule has 16 heteroatoms. The van der Waals surface area contributed by atoms with Gasteiger partial charge >= 0.3 is 30.2 Å². The van der Waals surface area contributed by atoms with Gasteiger partial charge in [-0.2, -0.15) is 13.2 Å². The maximum atomic E-state index is 12.4. The predicted molar refractivity (Wildman–Crippen MR) is 114 cm³/mol. The molecule has 0 unspecified atom stereocenters. The second kappa shape index (κ2) is 14.0. The van der Waals surface area contributed by atoms with E-state index in [0.29, 0.717) is 13.0 Å². The molecule has 0 fully saturated rings. The van der Waals surface area contributed by atoms with Crippen molar-refractivity contribution in [2.24, 2.45) is 11.5 Å². The van der Waals surface area contributed by atoms with Gasteiger partial charge in [0.25, 0.3) is 0 Å². The van der Waals surface area contributed by atoms with Gasteiger partial charge in [-0.1, -0.05) is 12.8 Å². The molecular weight excluding hydrogens is 497 g/mol. The molecule has 3 atom stereocenters. The van der Waals surface area contributed by atoms with Crippen LogP contribution in [-0.4, -0.2) is 77.6 Å². The van der Waals surface area contributed by atoms with E-state index in [2.05, 4.69) is 20.1 Å². The summed E-state index contributed by atoms with van der Waals surface area (Å²) >= 11 is 0. The Balaban J connectivity index is 2.76. The van der Waals surface area contributed by atoms with Crippen LogP contribution in [0.1, 0.15) is 45.4 Å². The van der Waals surface area contributed by atoms with Crippen LogP contribution >= 0.6 is 0 Å². The number of alkyl carbamates (subject to hydrolysis) is 1. The highest BCUT2D eigenvalue weighted by Gasteiger charge is 2.44. The molecular formula is C20H31F3N4O9. The minimum Gasteiger partial charge on any atom is -0.481 e. The number of carbonyl (C=O) groups is 4. The van der Waals surface area contributed by atoms with Gasteiger partial charge in [-0.25, -0.2) is 14.4 Å². The number of ether oxygens (including phenoxy) is 3. The molecule has 0 aromatic rings. The van der Waals surface area contributed by atoms with Crippen molar-refractivity contribution >= 4 is 23.9 Å². The van der Waals surface area contributed by atoms with Crippen LogP contribution in [0.3, 0.4) is 0 Å². The molecule has 0 aromatic heterocycles. The molecule has 1 aliphatic rings. The molecule has 1 aliphatic heterocycles. The number of nitrogens with two attached hydrogens (primary N) is 2. The van der Waals surface area contributed by atoms with Crippen molar-refractivity contribution in [1.29, 1.82) is 0 Å². The van der Waals surface area contributed by atoms with Crippen molar-refractivity contribution in [2.45, 2.75) is 75.8 Å². The number of halogens is 3. The van der Waals surface area contributed by atoms with E-state index in [-0.39, 0.29) is 6.54 Å². The van der Waals surface area contributed by atoms with Gasteiger partial charge in [-0.3, -0.25) is 4.79 Å². The fourth-order valence-corrected chi connectivity index (χ4v) is 3.15. The Hall–Kier alpha value is -2.95. The van der Waals surface area contributed by atoms with Crippen LogP contribution < -0.4 is 22.1 Å². The number of amides is 2. The zero-order valence-electron chi connectivity index (χ0n) is 19.5. The van der Waals surface area contributed by atoms with E-state index in [1.807, 2.05) is 0 Å². The van der Waals surface area contributed by atoms with Crippen LogP contribution in [0.5, 0.6) is 0 Å². The number of carbonyl (C=O) groups excluding carboxylic acids is 4. The van der Waals surface area contributed by atoms with Crippen molar-refractivity contribution in [3.63, 3.8) is 0 Å². The summed E-state index contributed by atoms with van der Waals surface area (Å²) < 4.78 is 50.6. The topological polar surface area (TPSA) is 213 Å². The number of aliphatic hydroxyl groups is 2. The highest BCUT2D eigenvalue weighted by Crippen LogP contribution is 2.26. The number of hydrogen-bond donors (Lipinski definition) is 6. The minimum absolute atomic E-state index is 0.206. The molecule has 8 N–H and O–H groups in total. The van der Waals surface area contributed by atoms with Gasteiger partial charge in [0.15, 0.2) is 0 Å². The smallest absolute Gasteiger partial charge is 0.481 e. The lowest BCUT2D eigenvalue weighted by Gasteiger charge is -2.36. The third-order valence-electron chi connectivity index (χ3n) is 4.84. The van der Waals surface area contributed by atoms with Crippen LogP contribution in [0, 0.1) is 0 Å². The first-order valence-electron chi connectivity index (χ1n) is 11.0. The largest absolute Gasteiger partial charge is 0.491 e. The van der Waals surface area contributed by atoms with E-state index in [1.54, 1.807) is 0 Å². The average Bonchev–Trinajstić information content (AvgIpc) is 2.75. The Bertz CT molecular complexity index is 821. The second-order valence-electron chi connectivity index (χ2n) is 7.97. The number of nitrogens with one attached hydrogen (secondary N) is 2. The molecule has 36 heavy (non-hydrogen) atoms. The van der Waals surface area contributed by atoms with E-state index in [9.17, 15) is 42.6 Å². The summed E-state index contributed by atoms with van der Waals surface area (Å²) in [4.78, 5) is 46.2. The normalized spacial score (nSPS) is 20.0. The number of rotatable bonds is 12. The molecule has 0 spiro atoms. The second-order valence-corrected chi connectivity index (χ2v) is 7.97. The molecule has 0 aliphatic carbocycles. The minimum atomic E-state index is -5.44. The lowest BCUT2D eigenvalue weighted by Crippen LogP contribution is -2.57. The summed E-state index contributed by atoms with van der Waals surface area (Å²) in [7, 11) is 0. The third-order valence-corrected chi connectivity index (χ3v) is 4.84. The van der Waals surface area contributed by atoms with Crippen molar-refractivity contribution in [1.82, 2.24) is 10.6 Å². The summed E-state index contributed by atoms with van der Waals surface area (Å²) in [6, 6.07) is -2.28. The molecule has 1 heterocycles. The summed E-state index contributed by atoms with van der Waals surface area (Å²) in [5.74, 6) is -9.03. The Morgan fingerprint density at radius 1 is 1.14 bits per heavy atom.